The highest BCUT2D eigenvalue weighted by Crippen LogP contribution is 2.38. The summed E-state index contributed by atoms with van der Waals surface area (Å²) in [5.41, 5.74) is 1.34. The Morgan fingerprint density at radius 1 is 1.23 bits per heavy atom. The molecule has 0 atom stereocenters. The number of ether oxygens (including phenoxy) is 2. The van der Waals surface area contributed by atoms with Crippen LogP contribution in [0.25, 0.3) is 6.08 Å². The number of hydrogen-bond acceptors (Lipinski definition) is 6. The standard InChI is InChI=1S/C21H19BrN2O5S/c1-3-28-16-9-12(8-15(22)18(16)29-4-2)10-17-19(25)24-21(30-17)23-14-7-5-6-13(11-14)20(26)27/h5-11H,3-4H2,1-2H3,(H,26,27)(H,23,24,25)/b17-10-. The molecule has 1 aliphatic heterocycles. The second kappa shape index (κ2) is 9.82. The van der Waals surface area contributed by atoms with Gasteiger partial charge in [0.2, 0.25) is 0 Å². The second-order valence-electron chi connectivity index (χ2n) is 6.03. The smallest absolute Gasteiger partial charge is 0.335 e. The van der Waals surface area contributed by atoms with Gasteiger partial charge in [0.05, 0.1) is 33.8 Å². The van der Waals surface area contributed by atoms with Crippen LogP contribution in [0.3, 0.4) is 0 Å². The summed E-state index contributed by atoms with van der Waals surface area (Å²) in [6.07, 6.45) is 1.74. The Bertz CT molecular complexity index is 1050. The molecule has 1 heterocycles. The number of thioether (sulfide) groups is 1. The number of hydrogen-bond donors (Lipinski definition) is 2. The summed E-state index contributed by atoms with van der Waals surface area (Å²) in [6, 6.07) is 9.87. The highest BCUT2D eigenvalue weighted by atomic mass is 79.9. The van der Waals surface area contributed by atoms with Crippen molar-refractivity contribution in [2.45, 2.75) is 13.8 Å². The molecule has 1 amide bonds. The van der Waals surface area contributed by atoms with Gasteiger partial charge in [-0.3, -0.25) is 4.79 Å². The Morgan fingerprint density at radius 2 is 2.00 bits per heavy atom. The quantitative estimate of drug-likeness (QED) is 0.539. The minimum Gasteiger partial charge on any atom is -0.490 e. The number of nitrogens with one attached hydrogen (secondary N) is 1. The first-order valence-corrected chi connectivity index (χ1v) is 10.7. The molecule has 156 valence electrons. The van der Waals surface area contributed by atoms with Crippen molar-refractivity contribution in [2.24, 2.45) is 4.99 Å². The van der Waals surface area contributed by atoms with Crippen molar-refractivity contribution in [3.05, 3.63) is 56.9 Å². The normalized spacial score (nSPS) is 16.0. The lowest BCUT2D eigenvalue weighted by Crippen LogP contribution is -2.19. The molecule has 0 aliphatic carbocycles. The van der Waals surface area contributed by atoms with E-state index in [-0.39, 0.29) is 11.5 Å². The molecule has 1 fully saturated rings. The first-order chi connectivity index (χ1) is 14.4. The molecule has 0 saturated carbocycles. The number of carboxylic acids is 1. The maximum atomic E-state index is 12.4. The summed E-state index contributed by atoms with van der Waals surface area (Å²) in [4.78, 5) is 28.3. The molecule has 1 saturated heterocycles. The summed E-state index contributed by atoms with van der Waals surface area (Å²) < 4.78 is 12.0. The van der Waals surface area contributed by atoms with E-state index in [0.29, 0.717) is 40.5 Å². The van der Waals surface area contributed by atoms with Crippen molar-refractivity contribution in [1.82, 2.24) is 5.32 Å². The molecule has 0 spiro atoms. The average molecular weight is 491 g/mol. The van der Waals surface area contributed by atoms with E-state index >= 15 is 0 Å². The third-order valence-electron chi connectivity index (χ3n) is 3.89. The topological polar surface area (TPSA) is 97.2 Å². The average Bonchev–Trinajstić information content (AvgIpc) is 3.03. The largest absolute Gasteiger partial charge is 0.490 e. The van der Waals surface area contributed by atoms with Crippen molar-refractivity contribution in [1.29, 1.82) is 0 Å². The lowest BCUT2D eigenvalue weighted by atomic mass is 10.2. The number of nitrogens with zero attached hydrogens (tertiary/aromatic N) is 1. The molecule has 9 heteroatoms. The van der Waals surface area contributed by atoms with E-state index in [0.717, 1.165) is 10.0 Å². The first-order valence-electron chi connectivity index (χ1n) is 9.13. The fourth-order valence-electron chi connectivity index (χ4n) is 2.68. The summed E-state index contributed by atoms with van der Waals surface area (Å²) >= 11 is 4.67. The number of aromatic carboxylic acids is 1. The van der Waals surface area contributed by atoms with Gasteiger partial charge in [-0.1, -0.05) is 6.07 Å². The fourth-order valence-corrected chi connectivity index (χ4v) is 4.09. The third kappa shape index (κ3) is 5.22. The molecule has 1 aliphatic rings. The van der Waals surface area contributed by atoms with E-state index in [2.05, 4.69) is 26.2 Å². The van der Waals surface area contributed by atoms with Crippen molar-refractivity contribution in [3.8, 4) is 11.5 Å². The zero-order valence-electron chi connectivity index (χ0n) is 16.3. The molecule has 0 radical (unpaired) electrons. The van der Waals surface area contributed by atoms with Crippen LogP contribution < -0.4 is 14.8 Å². The SMILES string of the molecule is CCOc1cc(/C=C2\SC(=Nc3cccc(C(=O)O)c3)NC2=O)cc(Br)c1OCC. The number of carboxylic acid groups (broad SMARTS) is 1. The Balaban J connectivity index is 1.87. The van der Waals surface area contributed by atoms with Crippen LogP contribution in [0.15, 0.2) is 50.8 Å². The number of amidine groups is 1. The van der Waals surface area contributed by atoms with Gasteiger partial charge in [-0.15, -0.1) is 0 Å². The van der Waals surface area contributed by atoms with Crippen LogP contribution in [0.1, 0.15) is 29.8 Å². The minimum absolute atomic E-state index is 0.129. The third-order valence-corrected chi connectivity index (χ3v) is 5.39. The van der Waals surface area contributed by atoms with Gasteiger partial charge in [0.25, 0.3) is 5.91 Å². The van der Waals surface area contributed by atoms with Crippen LogP contribution in [0.4, 0.5) is 5.69 Å². The van der Waals surface area contributed by atoms with E-state index in [9.17, 15) is 9.59 Å². The van der Waals surface area contributed by atoms with Crippen LogP contribution in [-0.2, 0) is 4.79 Å². The van der Waals surface area contributed by atoms with E-state index in [1.807, 2.05) is 26.0 Å². The van der Waals surface area contributed by atoms with Crippen molar-refractivity contribution >= 4 is 56.5 Å². The lowest BCUT2D eigenvalue weighted by molar-refractivity contribution is -0.115. The Morgan fingerprint density at radius 3 is 2.70 bits per heavy atom. The monoisotopic (exact) mass is 490 g/mol. The number of carbonyl (C=O) groups excluding carboxylic acids is 1. The number of halogens is 1. The Labute approximate surface area is 186 Å². The van der Waals surface area contributed by atoms with Gasteiger partial charge >= 0.3 is 5.97 Å². The van der Waals surface area contributed by atoms with Gasteiger partial charge in [0.1, 0.15) is 0 Å². The predicted octanol–water partition coefficient (Wildman–Crippen LogP) is 4.84. The molecule has 30 heavy (non-hydrogen) atoms. The highest BCUT2D eigenvalue weighted by molar-refractivity contribution is 9.10. The summed E-state index contributed by atoms with van der Waals surface area (Å²) in [5.74, 6) is -0.114. The zero-order chi connectivity index (χ0) is 21.7. The van der Waals surface area contributed by atoms with Crippen LogP contribution >= 0.6 is 27.7 Å². The molecule has 0 bridgehead atoms. The van der Waals surface area contributed by atoms with Gasteiger partial charge in [0, 0.05) is 0 Å². The molecule has 2 N–H and O–H groups in total. The number of amides is 1. The number of aliphatic imine (C=N–C) groups is 1. The summed E-state index contributed by atoms with van der Waals surface area (Å²) in [6.45, 7) is 4.76. The maximum absolute atomic E-state index is 12.4. The van der Waals surface area contributed by atoms with Crippen LogP contribution in [-0.4, -0.2) is 35.4 Å². The van der Waals surface area contributed by atoms with Crippen LogP contribution in [0, 0.1) is 0 Å². The van der Waals surface area contributed by atoms with Gasteiger partial charge in [-0.2, -0.15) is 0 Å². The minimum atomic E-state index is -1.04. The molecule has 0 unspecified atom stereocenters. The van der Waals surface area contributed by atoms with Crippen molar-refractivity contribution < 1.29 is 24.2 Å². The molecule has 0 aromatic heterocycles. The van der Waals surface area contributed by atoms with Crippen LogP contribution in [0.2, 0.25) is 0 Å². The van der Waals surface area contributed by atoms with E-state index < -0.39 is 5.97 Å². The van der Waals surface area contributed by atoms with Crippen molar-refractivity contribution in [2.75, 3.05) is 13.2 Å². The van der Waals surface area contributed by atoms with E-state index in [1.54, 1.807) is 18.2 Å². The second-order valence-corrected chi connectivity index (χ2v) is 7.92. The highest BCUT2D eigenvalue weighted by Gasteiger charge is 2.24. The fraction of sp³-hybridized carbons (Fsp3) is 0.190. The number of rotatable bonds is 7. The molecular weight excluding hydrogens is 472 g/mol. The lowest BCUT2D eigenvalue weighted by Gasteiger charge is -2.13. The summed E-state index contributed by atoms with van der Waals surface area (Å²) in [7, 11) is 0. The molecule has 2 aromatic carbocycles. The number of benzene rings is 2. The Kier molecular flexibility index (Phi) is 7.17. The molecular formula is C21H19BrN2O5S. The molecule has 3 rings (SSSR count). The van der Waals surface area contributed by atoms with Crippen LogP contribution in [0.5, 0.6) is 11.5 Å². The van der Waals surface area contributed by atoms with Gasteiger partial charge < -0.3 is 19.9 Å². The molecule has 7 nitrogen and oxygen atoms in total. The molecule has 2 aromatic rings. The van der Waals surface area contributed by atoms with Gasteiger partial charge in [0.15, 0.2) is 16.7 Å². The van der Waals surface area contributed by atoms with E-state index in [1.165, 1.54) is 23.9 Å². The summed E-state index contributed by atoms with van der Waals surface area (Å²) in [5, 5.41) is 12.2. The zero-order valence-corrected chi connectivity index (χ0v) is 18.7. The van der Waals surface area contributed by atoms with Crippen molar-refractivity contribution in [3.63, 3.8) is 0 Å². The van der Waals surface area contributed by atoms with E-state index in [4.69, 9.17) is 14.6 Å². The van der Waals surface area contributed by atoms with Gasteiger partial charge in [-0.25, -0.2) is 9.79 Å². The first kappa shape index (κ1) is 21.9. The maximum Gasteiger partial charge on any atom is 0.335 e. The predicted molar refractivity (Wildman–Crippen MR) is 121 cm³/mol. The Hall–Kier alpha value is -2.78. The number of carbonyl (C=O) groups is 2. The van der Waals surface area contributed by atoms with Gasteiger partial charge in [-0.05, 0) is 83.5 Å².